The highest BCUT2D eigenvalue weighted by molar-refractivity contribution is 5.93. The van der Waals surface area contributed by atoms with Gasteiger partial charge in [-0.15, -0.1) is 0 Å². The van der Waals surface area contributed by atoms with Gasteiger partial charge in [-0.25, -0.2) is 0 Å². The van der Waals surface area contributed by atoms with Crippen molar-refractivity contribution in [3.05, 3.63) is 11.8 Å². The molecule has 0 aromatic carbocycles. The van der Waals surface area contributed by atoms with E-state index in [1.807, 2.05) is 11.0 Å². The SMILES string of the molecule is CCCCCCCCN1C(=O)[C@@H](CC(=O)N2CCOCC2)C[C@]2(C(=O)OC)C1=C[C@@H](C(C)C)O[C@H]2C1CC1. The van der Waals surface area contributed by atoms with Crippen LogP contribution in [0.1, 0.15) is 85.0 Å². The van der Waals surface area contributed by atoms with Crippen LogP contribution in [0.2, 0.25) is 0 Å². The Bertz CT molecular complexity index is 878. The first-order chi connectivity index (χ1) is 18.3. The van der Waals surface area contributed by atoms with Gasteiger partial charge in [0.2, 0.25) is 11.8 Å². The molecule has 0 radical (unpaired) electrons. The number of likely N-dealkylation sites (tertiary alicyclic amines) is 1. The Balaban J connectivity index is 1.66. The predicted octanol–water partition coefficient (Wildman–Crippen LogP) is 4.32. The number of piperidine rings is 1. The molecule has 1 saturated carbocycles. The fourth-order valence-electron chi connectivity index (χ4n) is 6.48. The number of methoxy groups -OCH3 is 1. The van der Waals surface area contributed by atoms with Crippen molar-refractivity contribution < 1.29 is 28.6 Å². The summed E-state index contributed by atoms with van der Waals surface area (Å²) in [5.41, 5.74) is -0.298. The minimum Gasteiger partial charge on any atom is -0.468 e. The van der Waals surface area contributed by atoms with Crippen molar-refractivity contribution >= 4 is 17.8 Å². The molecule has 8 heteroatoms. The minimum absolute atomic E-state index is 0.0371. The molecule has 2 saturated heterocycles. The maximum absolute atomic E-state index is 14.1. The molecule has 3 aliphatic heterocycles. The van der Waals surface area contributed by atoms with Gasteiger partial charge in [-0.3, -0.25) is 14.4 Å². The van der Waals surface area contributed by atoms with Crippen LogP contribution in [0.25, 0.3) is 0 Å². The molecule has 0 bridgehead atoms. The number of rotatable bonds is 12. The Hall–Kier alpha value is -1.93. The summed E-state index contributed by atoms with van der Waals surface area (Å²) in [5, 5.41) is 0. The monoisotopic (exact) mass is 532 g/mol. The van der Waals surface area contributed by atoms with E-state index >= 15 is 0 Å². The number of hydrogen-bond donors (Lipinski definition) is 0. The summed E-state index contributed by atoms with van der Waals surface area (Å²) in [6.07, 6.45) is 10.5. The summed E-state index contributed by atoms with van der Waals surface area (Å²) in [5.74, 6) is -0.526. The molecule has 4 atom stereocenters. The number of nitrogens with zero attached hydrogens (tertiary/aromatic N) is 2. The number of carbonyl (C=O) groups is 3. The third-order valence-electron chi connectivity index (χ3n) is 8.82. The Morgan fingerprint density at radius 1 is 1.11 bits per heavy atom. The quantitative estimate of drug-likeness (QED) is 0.275. The van der Waals surface area contributed by atoms with Gasteiger partial charge in [0.25, 0.3) is 0 Å². The molecule has 3 fully saturated rings. The summed E-state index contributed by atoms with van der Waals surface area (Å²) in [4.78, 5) is 44.8. The zero-order valence-corrected chi connectivity index (χ0v) is 23.9. The van der Waals surface area contributed by atoms with Gasteiger partial charge >= 0.3 is 5.97 Å². The molecule has 4 rings (SSSR count). The van der Waals surface area contributed by atoms with Crippen LogP contribution in [-0.4, -0.2) is 79.7 Å². The Morgan fingerprint density at radius 2 is 1.79 bits per heavy atom. The number of esters is 1. The van der Waals surface area contributed by atoms with Crippen molar-refractivity contribution in [2.24, 2.45) is 23.2 Å². The van der Waals surface area contributed by atoms with Gasteiger partial charge in [-0.2, -0.15) is 0 Å². The van der Waals surface area contributed by atoms with E-state index in [0.29, 0.717) is 32.8 Å². The summed E-state index contributed by atoms with van der Waals surface area (Å²) in [6, 6.07) is 0. The average Bonchev–Trinajstić information content (AvgIpc) is 3.77. The maximum atomic E-state index is 14.1. The van der Waals surface area contributed by atoms with Crippen LogP contribution < -0.4 is 0 Å². The van der Waals surface area contributed by atoms with E-state index in [9.17, 15) is 14.4 Å². The fourth-order valence-corrected chi connectivity index (χ4v) is 6.48. The third-order valence-corrected chi connectivity index (χ3v) is 8.82. The Labute approximate surface area is 228 Å². The molecule has 38 heavy (non-hydrogen) atoms. The first-order valence-corrected chi connectivity index (χ1v) is 15.0. The number of unbranched alkanes of at least 4 members (excludes halogenated alkanes) is 5. The molecular formula is C30H48N2O6. The molecule has 0 aromatic heterocycles. The largest absolute Gasteiger partial charge is 0.468 e. The van der Waals surface area contributed by atoms with Gasteiger partial charge in [-0.1, -0.05) is 52.9 Å². The molecule has 3 heterocycles. The van der Waals surface area contributed by atoms with Gasteiger partial charge in [-0.05, 0) is 43.6 Å². The van der Waals surface area contributed by atoms with Crippen LogP contribution in [0.4, 0.5) is 0 Å². The van der Waals surface area contributed by atoms with Gasteiger partial charge in [0.05, 0.1) is 32.5 Å². The summed E-state index contributed by atoms with van der Waals surface area (Å²) >= 11 is 0. The normalized spacial score (nSPS) is 29.8. The maximum Gasteiger partial charge on any atom is 0.320 e. The highest BCUT2D eigenvalue weighted by atomic mass is 16.5. The van der Waals surface area contributed by atoms with Gasteiger partial charge in [0.15, 0.2) is 0 Å². The average molecular weight is 533 g/mol. The van der Waals surface area contributed by atoms with Crippen molar-refractivity contribution in [2.75, 3.05) is 40.0 Å². The van der Waals surface area contributed by atoms with E-state index in [0.717, 1.165) is 37.8 Å². The molecule has 0 aromatic rings. The lowest BCUT2D eigenvalue weighted by atomic mass is 9.64. The molecule has 8 nitrogen and oxygen atoms in total. The molecule has 0 N–H and O–H groups in total. The fraction of sp³-hybridized carbons (Fsp3) is 0.833. The van der Waals surface area contributed by atoms with Crippen molar-refractivity contribution in [3.8, 4) is 0 Å². The zero-order chi connectivity index (χ0) is 27.3. The van der Waals surface area contributed by atoms with E-state index < -0.39 is 11.3 Å². The van der Waals surface area contributed by atoms with Crippen molar-refractivity contribution in [1.82, 2.24) is 9.80 Å². The van der Waals surface area contributed by atoms with E-state index in [1.165, 1.54) is 26.4 Å². The van der Waals surface area contributed by atoms with Gasteiger partial charge < -0.3 is 24.0 Å². The summed E-state index contributed by atoms with van der Waals surface area (Å²) in [7, 11) is 1.43. The number of morpholine rings is 1. The van der Waals surface area contributed by atoms with Crippen molar-refractivity contribution in [2.45, 2.75) is 97.2 Å². The van der Waals surface area contributed by atoms with Gasteiger partial charge in [0, 0.05) is 37.7 Å². The lowest BCUT2D eigenvalue weighted by molar-refractivity contribution is -0.182. The topological polar surface area (TPSA) is 85.4 Å². The van der Waals surface area contributed by atoms with Crippen LogP contribution in [0.3, 0.4) is 0 Å². The van der Waals surface area contributed by atoms with Crippen LogP contribution in [-0.2, 0) is 28.6 Å². The van der Waals surface area contributed by atoms with E-state index in [-0.39, 0.29) is 54.7 Å². The van der Waals surface area contributed by atoms with Crippen molar-refractivity contribution in [3.63, 3.8) is 0 Å². The highest BCUT2D eigenvalue weighted by Crippen LogP contribution is 2.56. The zero-order valence-electron chi connectivity index (χ0n) is 23.9. The highest BCUT2D eigenvalue weighted by Gasteiger charge is 2.63. The molecule has 0 spiro atoms. The lowest BCUT2D eigenvalue weighted by Gasteiger charge is -2.53. The number of amides is 2. The third kappa shape index (κ3) is 6.11. The van der Waals surface area contributed by atoms with Crippen LogP contribution in [0, 0.1) is 23.2 Å². The molecular weight excluding hydrogens is 484 g/mol. The first kappa shape index (κ1) is 29.1. The first-order valence-electron chi connectivity index (χ1n) is 15.0. The number of fused-ring (bicyclic) bond motifs is 1. The Morgan fingerprint density at radius 3 is 2.42 bits per heavy atom. The van der Waals surface area contributed by atoms with E-state index in [2.05, 4.69) is 20.8 Å². The molecule has 4 aliphatic rings. The van der Waals surface area contributed by atoms with Crippen LogP contribution >= 0.6 is 0 Å². The Kier molecular flexibility index (Phi) is 9.90. The second-order valence-corrected chi connectivity index (χ2v) is 12.0. The van der Waals surface area contributed by atoms with Crippen LogP contribution in [0.15, 0.2) is 11.8 Å². The van der Waals surface area contributed by atoms with Crippen molar-refractivity contribution in [1.29, 1.82) is 0 Å². The van der Waals surface area contributed by atoms with E-state index in [1.54, 1.807) is 4.90 Å². The van der Waals surface area contributed by atoms with E-state index in [4.69, 9.17) is 14.2 Å². The van der Waals surface area contributed by atoms with Crippen LogP contribution in [0.5, 0.6) is 0 Å². The summed E-state index contributed by atoms with van der Waals surface area (Å²) < 4.78 is 17.5. The molecule has 2 amide bonds. The molecule has 0 unspecified atom stereocenters. The molecule has 1 aliphatic carbocycles. The number of hydrogen-bond acceptors (Lipinski definition) is 6. The van der Waals surface area contributed by atoms with Gasteiger partial charge in [0.1, 0.15) is 5.41 Å². The second kappa shape index (κ2) is 12.9. The smallest absolute Gasteiger partial charge is 0.320 e. The standard InChI is InChI=1S/C30H48N2O6/c1-5-6-7-8-9-10-13-32-25-19-24(21(2)3)38-27(22-11-12-22)30(25,29(35)36-4)20-23(28(32)34)18-26(33)31-14-16-37-17-15-31/h19,21-24,27H,5-18,20H2,1-4H3/t23-,24-,27-,30-/m0/s1. The number of carbonyl (C=O) groups excluding carboxylic acids is 3. The number of ether oxygens (including phenoxy) is 3. The minimum atomic E-state index is -1.06. The predicted molar refractivity (Wildman–Crippen MR) is 144 cm³/mol. The lowest BCUT2D eigenvalue weighted by Crippen LogP contribution is -2.62. The second-order valence-electron chi connectivity index (χ2n) is 12.0. The molecule has 214 valence electrons. The summed E-state index contributed by atoms with van der Waals surface area (Å²) in [6.45, 7) is 9.10.